The number of nitrogens with one attached hydrogen (secondary N) is 1. The minimum Gasteiger partial charge on any atom is -0.352 e. The third-order valence-electron chi connectivity index (χ3n) is 5.32. The molecule has 3 aliphatic heterocycles. The Labute approximate surface area is 154 Å². The SMILES string of the molecule is CS(=O)(=O)N1C[C@H]2CC[C@@H](C1)N(CCC(=O)NCc1ccccc1F)C2. The molecule has 3 fully saturated rings. The van der Waals surface area contributed by atoms with E-state index in [0.717, 1.165) is 19.4 Å². The summed E-state index contributed by atoms with van der Waals surface area (Å²) in [4.78, 5) is 14.4. The molecule has 8 heteroatoms. The van der Waals surface area contributed by atoms with E-state index in [9.17, 15) is 17.6 Å². The Hall–Kier alpha value is -1.51. The number of piperidine rings is 1. The smallest absolute Gasteiger partial charge is 0.221 e. The van der Waals surface area contributed by atoms with Gasteiger partial charge in [-0.05, 0) is 24.8 Å². The van der Waals surface area contributed by atoms with Crippen LogP contribution in [-0.2, 0) is 21.4 Å². The van der Waals surface area contributed by atoms with E-state index in [1.54, 1.807) is 22.5 Å². The Morgan fingerprint density at radius 2 is 2.00 bits per heavy atom. The van der Waals surface area contributed by atoms with Crippen molar-refractivity contribution >= 4 is 15.9 Å². The fourth-order valence-electron chi connectivity index (χ4n) is 3.85. The summed E-state index contributed by atoms with van der Waals surface area (Å²) in [6, 6.07) is 6.57. The maximum atomic E-state index is 13.6. The Morgan fingerprint density at radius 3 is 2.73 bits per heavy atom. The average molecular weight is 383 g/mol. The summed E-state index contributed by atoms with van der Waals surface area (Å²) < 4.78 is 38.9. The van der Waals surface area contributed by atoms with Gasteiger partial charge in [0.15, 0.2) is 0 Å². The quantitative estimate of drug-likeness (QED) is 0.801. The summed E-state index contributed by atoms with van der Waals surface area (Å²) in [5.41, 5.74) is 0.471. The van der Waals surface area contributed by atoms with E-state index in [1.165, 1.54) is 12.3 Å². The van der Waals surface area contributed by atoms with Gasteiger partial charge >= 0.3 is 0 Å². The Bertz CT molecular complexity index is 756. The molecule has 1 N–H and O–H groups in total. The third kappa shape index (κ3) is 4.81. The van der Waals surface area contributed by atoms with Gasteiger partial charge in [-0.1, -0.05) is 18.2 Å². The Morgan fingerprint density at radius 1 is 1.23 bits per heavy atom. The number of halogens is 1. The highest BCUT2D eigenvalue weighted by Gasteiger charge is 2.37. The minimum absolute atomic E-state index is 0.117. The van der Waals surface area contributed by atoms with Gasteiger partial charge < -0.3 is 5.32 Å². The van der Waals surface area contributed by atoms with Crippen LogP contribution in [0.2, 0.25) is 0 Å². The van der Waals surface area contributed by atoms with Crippen molar-refractivity contribution in [2.75, 3.05) is 32.4 Å². The highest BCUT2D eigenvalue weighted by molar-refractivity contribution is 7.88. The molecular formula is C18H26FN3O3S. The van der Waals surface area contributed by atoms with Crippen LogP contribution in [0.15, 0.2) is 24.3 Å². The van der Waals surface area contributed by atoms with Gasteiger partial charge in [-0.15, -0.1) is 0 Å². The van der Waals surface area contributed by atoms with Crippen molar-refractivity contribution in [3.05, 3.63) is 35.6 Å². The number of benzene rings is 1. The lowest BCUT2D eigenvalue weighted by atomic mass is 9.95. The minimum atomic E-state index is -3.18. The first-order valence-corrected chi connectivity index (χ1v) is 10.9. The molecule has 1 aromatic carbocycles. The number of rotatable bonds is 6. The molecule has 1 aromatic rings. The van der Waals surface area contributed by atoms with Crippen molar-refractivity contribution in [3.8, 4) is 0 Å². The van der Waals surface area contributed by atoms with E-state index in [2.05, 4.69) is 10.2 Å². The topological polar surface area (TPSA) is 69.7 Å². The molecule has 1 amide bonds. The Kier molecular flexibility index (Phi) is 5.94. The van der Waals surface area contributed by atoms with Crippen LogP contribution in [0.1, 0.15) is 24.8 Å². The summed E-state index contributed by atoms with van der Waals surface area (Å²) >= 11 is 0. The molecule has 6 nitrogen and oxygen atoms in total. The normalized spacial score (nSPS) is 24.4. The van der Waals surface area contributed by atoms with Crippen molar-refractivity contribution < 1.29 is 17.6 Å². The number of fused-ring (bicyclic) bond motifs is 4. The summed E-state index contributed by atoms with van der Waals surface area (Å²) in [5.74, 6) is -0.114. The summed E-state index contributed by atoms with van der Waals surface area (Å²) in [7, 11) is -3.18. The predicted octanol–water partition coefficient (Wildman–Crippen LogP) is 1.19. The Balaban J connectivity index is 1.50. The summed E-state index contributed by atoms with van der Waals surface area (Å²) in [6.45, 7) is 2.69. The van der Waals surface area contributed by atoms with Crippen LogP contribution >= 0.6 is 0 Å². The molecule has 0 unspecified atom stereocenters. The first-order chi connectivity index (χ1) is 12.3. The average Bonchev–Trinajstić information content (AvgIpc) is 2.91. The fraction of sp³-hybridized carbons (Fsp3) is 0.611. The zero-order chi connectivity index (χ0) is 18.7. The summed E-state index contributed by atoms with van der Waals surface area (Å²) in [5, 5.41) is 2.76. The first kappa shape index (κ1) is 19.3. The number of hydrogen-bond acceptors (Lipinski definition) is 4. The van der Waals surface area contributed by atoms with Gasteiger partial charge in [0.25, 0.3) is 0 Å². The molecule has 26 heavy (non-hydrogen) atoms. The predicted molar refractivity (Wildman–Crippen MR) is 97.4 cm³/mol. The van der Waals surface area contributed by atoms with Crippen LogP contribution in [-0.4, -0.2) is 62.0 Å². The van der Waals surface area contributed by atoms with Crippen molar-refractivity contribution in [1.82, 2.24) is 14.5 Å². The number of hydrogen-bond donors (Lipinski definition) is 1. The molecule has 3 heterocycles. The van der Waals surface area contributed by atoms with E-state index in [4.69, 9.17) is 0 Å². The van der Waals surface area contributed by atoms with Crippen LogP contribution in [0, 0.1) is 11.7 Å². The molecule has 0 spiro atoms. The fourth-order valence-corrected chi connectivity index (χ4v) is 4.77. The standard InChI is InChI=1S/C18H26FN3O3S/c1-26(24,25)22-12-14-6-7-16(13-22)21(11-14)9-8-18(23)20-10-15-4-2-3-5-17(15)19/h2-5,14,16H,6-13H2,1H3,(H,20,23)/t14-,16-/m0/s1. The highest BCUT2D eigenvalue weighted by atomic mass is 32.2. The lowest BCUT2D eigenvalue weighted by Gasteiger charge is -2.35. The van der Waals surface area contributed by atoms with Gasteiger partial charge in [0.2, 0.25) is 15.9 Å². The van der Waals surface area contributed by atoms with Gasteiger partial charge in [-0.3, -0.25) is 9.69 Å². The molecule has 2 bridgehead atoms. The van der Waals surface area contributed by atoms with Gasteiger partial charge in [0.05, 0.1) is 6.26 Å². The van der Waals surface area contributed by atoms with Crippen LogP contribution in [0.5, 0.6) is 0 Å². The lowest BCUT2D eigenvalue weighted by molar-refractivity contribution is -0.121. The number of nitrogens with zero attached hydrogens (tertiary/aromatic N) is 2. The van der Waals surface area contributed by atoms with E-state index in [0.29, 0.717) is 37.5 Å². The zero-order valence-corrected chi connectivity index (χ0v) is 15.8. The molecule has 0 aliphatic carbocycles. The maximum Gasteiger partial charge on any atom is 0.221 e. The summed E-state index contributed by atoms with van der Waals surface area (Å²) in [6.07, 6.45) is 3.59. The largest absolute Gasteiger partial charge is 0.352 e. The van der Waals surface area contributed by atoms with Gasteiger partial charge in [-0.25, -0.2) is 17.1 Å². The van der Waals surface area contributed by atoms with Crippen molar-refractivity contribution in [2.24, 2.45) is 5.92 Å². The molecular weight excluding hydrogens is 357 g/mol. The van der Waals surface area contributed by atoms with Gasteiger partial charge in [0.1, 0.15) is 5.82 Å². The van der Waals surface area contributed by atoms with E-state index in [1.807, 2.05) is 0 Å². The number of carbonyl (C=O) groups excluding carboxylic acids is 1. The molecule has 0 radical (unpaired) electrons. The number of carbonyl (C=O) groups is 1. The van der Waals surface area contributed by atoms with Crippen LogP contribution in [0.4, 0.5) is 4.39 Å². The maximum absolute atomic E-state index is 13.6. The van der Waals surface area contributed by atoms with E-state index in [-0.39, 0.29) is 24.3 Å². The highest BCUT2D eigenvalue weighted by Crippen LogP contribution is 2.29. The van der Waals surface area contributed by atoms with Gasteiger partial charge in [-0.2, -0.15) is 0 Å². The number of amides is 1. The second-order valence-electron chi connectivity index (χ2n) is 7.29. The van der Waals surface area contributed by atoms with Crippen molar-refractivity contribution in [1.29, 1.82) is 0 Å². The molecule has 3 aliphatic rings. The van der Waals surface area contributed by atoms with E-state index < -0.39 is 10.0 Å². The first-order valence-electron chi connectivity index (χ1n) is 9.02. The number of sulfonamides is 1. The second kappa shape index (κ2) is 8.02. The second-order valence-corrected chi connectivity index (χ2v) is 9.27. The van der Waals surface area contributed by atoms with Crippen LogP contribution < -0.4 is 5.32 Å². The zero-order valence-electron chi connectivity index (χ0n) is 15.0. The monoisotopic (exact) mass is 383 g/mol. The van der Waals surface area contributed by atoms with E-state index >= 15 is 0 Å². The molecule has 0 saturated carbocycles. The lowest BCUT2D eigenvalue weighted by Crippen LogP contribution is -2.45. The molecule has 4 rings (SSSR count). The van der Waals surface area contributed by atoms with Crippen LogP contribution in [0.3, 0.4) is 0 Å². The molecule has 2 atom stereocenters. The third-order valence-corrected chi connectivity index (χ3v) is 6.56. The molecule has 0 aromatic heterocycles. The molecule has 144 valence electrons. The van der Waals surface area contributed by atoms with Crippen LogP contribution in [0.25, 0.3) is 0 Å². The van der Waals surface area contributed by atoms with Crippen molar-refractivity contribution in [3.63, 3.8) is 0 Å². The van der Waals surface area contributed by atoms with Gasteiger partial charge in [0, 0.05) is 50.7 Å². The van der Waals surface area contributed by atoms with Crippen molar-refractivity contribution in [2.45, 2.75) is 31.8 Å². The molecule has 3 saturated heterocycles.